The summed E-state index contributed by atoms with van der Waals surface area (Å²) in [7, 11) is 0. The molecule has 2 unspecified atom stereocenters. The molecule has 3 rings (SSSR count). The second-order valence-corrected chi connectivity index (χ2v) is 6.29. The van der Waals surface area contributed by atoms with E-state index >= 15 is 0 Å². The Hall–Kier alpha value is -1.62. The lowest BCUT2D eigenvalue weighted by molar-refractivity contribution is -0.0612. The van der Waals surface area contributed by atoms with Gasteiger partial charge in [-0.2, -0.15) is 0 Å². The standard InChI is InChI=1S/C16H22FN3O/c17-12-5-3-6-13(14(12)15(18)19)20-9-8-16(21)7-2-1-4-11(16)10-20/h3,5-6,11,21H,1-2,4,7-10H2,(H3,18,19). The van der Waals surface area contributed by atoms with Crippen molar-refractivity contribution in [3.05, 3.63) is 29.6 Å². The molecule has 21 heavy (non-hydrogen) atoms. The number of fused-ring (bicyclic) bond motifs is 1. The minimum atomic E-state index is -0.557. The van der Waals surface area contributed by atoms with Gasteiger partial charge < -0.3 is 15.7 Å². The Balaban J connectivity index is 1.89. The first-order valence-corrected chi connectivity index (χ1v) is 7.61. The summed E-state index contributed by atoms with van der Waals surface area (Å²) in [5.41, 5.74) is 5.85. The van der Waals surface area contributed by atoms with Crippen LogP contribution < -0.4 is 10.6 Å². The summed E-state index contributed by atoms with van der Waals surface area (Å²) < 4.78 is 14.0. The third-order valence-corrected chi connectivity index (χ3v) is 5.03. The minimum Gasteiger partial charge on any atom is -0.389 e. The molecule has 2 aliphatic rings. The summed E-state index contributed by atoms with van der Waals surface area (Å²) >= 11 is 0. The number of hydrogen-bond donors (Lipinski definition) is 3. The van der Waals surface area contributed by atoms with Crippen LogP contribution in [0, 0.1) is 17.1 Å². The molecule has 0 bridgehead atoms. The summed E-state index contributed by atoms with van der Waals surface area (Å²) in [6.07, 6.45) is 4.81. The number of nitrogen functional groups attached to an aromatic ring is 1. The molecule has 1 aliphatic carbocycles. The van der Waals surface area contributed by atoms with Crippen LogP contribution in [-0.2, 0) is 0 Å². The molecule has 5 heteroatoms. The molecule has 0 amide bonds. The van der Waals surface area contributed by atoms with Gasteiger partial charge in [-0.05, 0) is 31.4 Å². The Kier molecular flexibility index (Phi) is 3.61. The third-order valence-electron chi connectivity index (χ3n) is 5.03. The summed E-state index contributed by atoms with van der Waals surface area (Å²) in [6.45, 7) is 1.39. The highest BCUT2D eigenvalue weighted by molar-refractivity contribution is 6.00. The molecular weight excluding hydrogens is 269 g/mol. The van der Waals surface area contributed by atoms with Gasteiger partial charge in [-0.3, -0.25) is 5.41 Å². The van der Waals surface area contributed by atoms with Gasteiger partial charge in [-0.25, -0.2) is 4.39 Å². The number of aliphatic hydroxyl groups is 1. The lowest BCUT2D eigenvalue weighted by Gasteiger charge is -2.48. The number of anilines is 1. The first-order valence-electron chi connectivity index (χ1n) is 7.61. The predicted octanol–water partition coefficient (Wildman–Crippen LogP) is 2.24. The molecule has 0 radical (unpaired) electrons. The summed E-state index contributed by atoms with van der Waals surface area (Å²) in [4.78, 5) is 2.07. The van der Waals surface area contributed by atoms with Crippen LogP contribution in [0.5, 0.6) is 0 Å². The molecule has 114 valence electrons. The maximum absolute atomic E-state index is 14.0. The van der Waals surface area contributed by atoms with E-state index in [1.807, 2.05) is 6.07 Å². The van der Waals surface area contributed by atoms with E-state index in [-0.39, 0.29) is 17.3 Å². The summed E-state index contributed by atoms with van der Waals surface area (Å²) in [5.74, 6) is -0.472. The topological polar surface area (TPSA) is 73.3 Å². The Labute approximate surface area is 124 Å². The fourth-order valence-corrected chi connectivity index (χ4v) is 3.83. The Bertz CT molecular complexity index is 562. The number of nitrogens with one attached hydrogen (secondary N) is 1. The Morgan fingerprint density at radius 3 is 2.95 bits per heavy atom. The molecule has 1 aromatic carbocycles. The van der Waals surface area contributed by atoms with Gasteiger partial charge in [0.2, 0.25) is 0 Å². The average Bonchev–Trinajstić information content (AvgIpc) is 2.45. The SMILES string of the molecule is N=C(N)c1c(F)cccc1N1CCC2(O)CCCCC2C1. The van der Waals surface area contributed by atoms with Gasteiger partial charge >= 0.3 is 0 Å². The van der Waals surface area contributed by atoms with Gasteiger partial charge in [-0.15, -0.1) is 0 Å². The van der Waals surface area contributed by atoms with Crippen molar-refractivity contribution < 1.29 is 9.50 Å². The van der Waals surface area contributed by atoms with Crippen molar-refractivity contribution in [2.75, 3.05) is 18.0 Å². The fraction of sp³-hybridized carbons (Fsp3) is 0.562. The van der Waals surface area contributed by atoms with Crippen molar-refractivity contribution in [2.24, 2.45) is 11.7 Å². The van der Waals surface area contributed by atoms with Crippen LogP contribution in [0.15, 0.2) is 18.2 Å². The fourth-order valence-electron chi connectivity index (χ4n) is 3.83. The number of benzene rings is 1. The van der Waals surface area contributed by atoms with E-state index in [1.165, 1.54) is 6.07 Å². The molecule has 0 aromatic heterocycles. The van der Waals surface area contributed by atoms with Gasteiger partial charge in [-0.1, -0.05) is 18.9 Å². The molecule has 1 aromatic rings. The number of nitrogens with zero attached hydrogens (tertiary/aromatic N) is 1. The van der Waals surface area contributed by atoms with E-state index in [0.717, 1.165) is 25.7 Å². The van der Waals surface area contributed by atoms with Gasteiger partial charge in [0.25, 0.3) is 0 Å². The molecule has 2 atom stereocenters. The lowest BCUT2D eigenvalue weighted by atomic mass is 9.71. The van der Waals surface area contributed by atoms with Crippen LogP contribution in [0.2, 0.25) is 0 Å². The minimum absolute atomic E-state index is 0.179. The van der Waals surface area contributed by atoms with Crippen molar-refractivity contribution in [2.45, 2.75) is 37.7 Å². The van der Waals surface area contributed by atoms with E-state index in [1.54, 1.807) is 6.07 Å². The maximum atomic E-state index is 14.0. The average molecular weight is 291 g/mol. The molecule has 2 fully saturated rings. The van der Waals surface area contributed by atoms with Crippen molar-refractivity contribution >= 4 is 11.5 Å². The molecule has 4 nitrogen and oxygen atoms in total. The van der Waals surface area contributed by atoms with Crippen molar-refractivity contribution in [1.82, 2.24) is 0 Å². The highest BCUT2D eigenvalue weighted by Gasteiger charge is 2.43. The zero-order chi connectivity index (χ0) is 15.0. The number of piperidine rings is 1. The zero-order valence-electron chi connectivity index (χ0n) is 12.1. The molecule has 1 aliphatic heterocycles. The van der Waals surface area contributed by atoms with E-state index in [2.05, 4.69) is 4.90 Å². The quantitative estimate of drug-likeness (QED) is 0.578. The van der Waals surface area contributed by atoms with Crippen LogP contribution >= 0.6 is 0 Å². The monoisotopic (exact) mass is 291 g/mol. The van der Waals surface area contributed by atoms with E-state index in [9.17, 15) is 9.50 Å². The lowest BCUT2D eigenvalue weighted by Crippen LogP contribution is -2.53. The number of hydrogen-bond acceptors (Lipinski definition) is 3. The van der Waals surface area contributed by atoms with Crippen LogP contribution in [0.25, 0.3) is 0 Å². The van der Waals surface area contributed by atoms with Crippen molar-refractivity contribution in [1.29, 1.82) is 5.41 Å². The van der Waals surface area contributed by atoms with Crippen LogP contribution in [0.1, 0.15) is 37.7 Å². The Morgan fingerprint density at radius 2 is 2.19 bits per heavy atom. The van der Waals surface area contributed by atoms with Crippen LogP contribution in [-0.4, -0.2) is 29.6 Å². The highest BCUT2D eigenvalue weighted by Crippen LogP contribution is 2.41. The van der Waals surface area contributed by atoms with Crippen molar-refractivity contribution in [3.63, 3.8) is 0 Å². The second kappa shape index (κ2) is 5.30. The van der Waals surface area contributed by atoms with Gasteiger partial charge in [0, 0.05) is 19.0 Å². The Morgan fingerprint density at radius 1 is 1.38 bits per heavy atom. The number of halogens is 1. The van der Waals surface area contributed by atoms with Gasteiger partial charge in [0.05, 0.1) is 16.9 Å². The molecule has 0 spiro atoms. The summed E-state index contributed by atoms with van der Waals surface area (Å²) in [5, 5.41) is 18.3. The van der Waals surface area contributed by atoms with E-state index in [4.69, 9.17) is 11.1 Å². The zero-order valence-corrected chi connectivity index (χ0v) is 12.1. The number of amidine groups is 1. The predicted molar refractivity (Wildman–Crippen MR) is 81.2 cm³/mol. The highest BCUT2D eigenvalue weighted by atomic mass is 19.1. The molecule has 4 N–H and O–H groups in total. The van der Waals surface area contributed by atoms with Crippen LogP contribution in [0.3, 0.4) is 0 Å². The largest absolute Gasteiger partial charge is 0.389 e. The van der Waals surface area contributed by atoms with E-state index in [0.29, 0.717) is 25.2 Å². The molecule has 1 heterocycles. The van der Waals surface area contributed by atoms with Crippen molar-refractivity contribution in [3.8, 4) is 0 Å². The molecule has 1 saturated heterocycles. The molecular formula is C16H22FN3O. The first-order chi connectivity index (χ1) is 10.0. The summed E-state index contributed by atoms with van der Waals surface area (Å²) in [6, 6.07) is 4.80. The number of nitrogens with two attached hydrogens (primary N) is 1. The second-order valence-electron chi connectivity index (χ2n) is 6.29. The smallest absolute Gasteiger partial charge is 0.136 e. The third kappa shape index (κ3) is 2.50. The maximum Gasteiger partial charge on any atom is 0.136 e. The normalized spacial score (nSPS) is 29.0. The van der Waals surface area contributed by atoms with Crippen LogP contribution in [0.4, 0.5) is 10.1 Å². The molecule has 1 saturated carbocycles. The van der Waals surface area contributed by atoms with E-state index < -0.39 is 11.4 Å². The number of rotatable bonds is 2. The first kappa shape index (κ1) is 14.3. The van der Waals surface area contributed by atoms with Gasteiger partial charge in [0.15, 0.2) is 0 Å². The van der Waals surface area contributed by atoms with Gasteiger partial charge in [0.1, 0.15) is 11.7 Å².